The van der Waals surface area contributed by atoms with E-state index in [0.717, 1.165) is 17.1 Å². The van der Waals surface area contributed by atoms with Crippen molar-refractivity contribution in [2.45, 2.75) is 5.41 Å². The summed E-state index contributed by atoms with van der Waals surface area (Å²) in [6, 6.07) is 87.4. The standard InChI is InChI=1S/C59H39NS/c1-3-19-44(20-4-1)59(45-21-5-2-6-22-45)53-28-11-9-26-52(53)58-54(59)29-15-30-55(58)60(46-35-32-41(33-36-46)49-27-14-17-40-16-7-8-24-48(40)49)47-23-13-18-42(38-47)43-34-37-51-50-25-10-12-31-56(50)61-57(51)39-43/h1-39H. The summed E-state index contributed by atoms with van der Waals surface area (Å²) in [5.41, 5.74) is 15.3. The largest absolute Gasteiger partial charge is 0.310 e. The second-order valence-corrected chi connectivity index (χ2v) is 17.1. The lowest BCUT2D eigenvalue weighted by molar-refractivity contribution is 0.768. The molecule has 0 saturated carbocycles. The highest BCUT2D eigenvalue weighted by Gasteiger charge is 2.47. The molecule has 10 aromatic carbocycles. The van der Waals surface area contributed by atoms with Crippen molar-refractivity contribution in [1.29, 1.82) is 0 Å². The van der Waals surface area contributed by atoms with Gasteiger partial charge in [0.05, 0.1) is 11.1 Å². The number of nitrogens with zero attached hydrogens (tertiary/aromatic N) is 1. The average molecular weight is 794 g/mol. The normalized spacial score (nSPS) is 12.7. The minimum absolute atomic E-state index is 0.504. The third-order valence-electron chi connectivity index (χ3n) is 12.7. The first-order valence-corrected chi connectivity index (χ1v) is 21.8. The van der Waals surface area contributed by atoms with Crippen molar-refractivity contribution in [3.05, 3.63) is 259 Å². The Morgan fingerprint density at radius 3 is 1.75 bits per heavy atom. The summed E-state index contributed by atoms with van der Waals surface area (Å²) in [6.45, 7) is 0. The summed E-state index contributed by atoms with van der Waals surface area (Å²) >= 11 is 1.87. The Hall–Kier alpha value is -7.52. The molecule has 2 heteroatoms. The van der Waals surface area contributed by atoms with E-state index in [4.69, 9.17) is 0 Å². The maximum Gasteiger partial charge on any atom is 0.0714 e. The van der Waals surface area contributed by atoms with E-state index in [1.165, 1.54) is 86.6 Å². The van der Waals surface area contributed by atoms with E-state index in [9.17, 15) is 0 Å². The van der Waals surface area contributed by atoms with Crippen molar-refractivity contribution >= 4 is 59.3 Å². The minimum Gasteiger partial charge on any atom is -0.310 e. The molecule has 1 aliphatic rings. The molecule has 0 fully saturated rings. The summed E-state index contributed by atoms with van der Waals surface area (Å²) in [7, 11) is 0. The smallest absolute Gasteiger partial charge is 0.0714 e. The van der Waals surface area contributed by atoms with Gasteiger partial charge in [-0.25, -0.2) is 0 Å². The predicted molar refractivity (Wildman–Crippen MR) is 260 cm³/mol. The van der Waals surface area contributed by atoms with Gasteiger partial charge in [-0.3, -0.25) is 0 Å². The summed E-state index contributed by atoms with van der Waals surface area (Å²) in [4.78, 5) is 2.48. The van der Waals surface area contributed by atoms with Crippen LogP contribution in [0.3, 0.4) is 0 Å². The lowest BCUT2D eigenvalue weighted by Gasteiger charge is -2.34. The zero-order valence-corrected chi connectivity index (χ0v) is 34.2. The van der Waals surface area contributed by atoms with Crippen molar-refractivity contribution in [3.8, 4) is 33.4 Å². The summed E-state index contributed by atoms with van der Waals surface area (Å²) in [6.07, 6.45) is 0. The number of benzene rings is 10. The lowest BCUT2D eigenvalue weighted by Crippen LogP contribution is -2.28. The molecule has 0 amide bonds. The minimum atomic E-state index is -0.504. The second-order valence-electron chi connectivity index (χ2n) is 16.0. The Morgan fingerprint density at radius 2 is 0.934 bits per heavy atom. The van der Waals surface area contributed by atoms with Gasteiger partial charge < -0.3 is 4.90 Å². The van der Waals surface area contributed by atoms with Crippen molar-refractivity contribution in [1.82, 2.24) is 0 Å². The summed E-state index contributed by atoms with van der Waals surface area (Å²) < 4.78 is 2.63. The topological polar surface area (TPSA) is 3.24 Å². The van der Waals surface area contributed by atoms with Gasteiger partial charge in [0.1, 0.15) is 0 Å². The van der Waals surface area contributed by atoms with Gasteiger partial charge >= 0.3 is 0 Å². The summed E-state index contributed by atoms with van der Waals surface area (Å²) in [5, 5.41) is 5.14. The molecule has 12 rings (SSSR count). The van der Waals surface area contributed by atoms with Crippen molar-refractivity contribution in [3.63, 3.8) is 0 Å². The number of anilines is 3. The van der Waals surface area contributed by atoms with E-state index in [2.05, 4.69) is 241 Å². The molecule has 286 valence electrons. The van der Waals surface area contributed by atoms with Gasteiger partial charge in [-0.1, -0.05) is 194 Å². The molecule has 11 aromatic rings. The summed E-state index contributed by atoms with van der Waals surface area (Å²) in [5.74, 6) is 0. The maximum absolute atomic E-state index is 2.48. The Kier molecular flexibility index (Phi) is 8.33. The molecule has 0 radical (unpaired) electrons. The molecule has 0 bridgehead atoms. The Bertz CT molecular complexity index is 3370. The Labute approximate surface area is 360 Å². The van der Waals surface area contributed by atoms with Gasteiger partial charge in [-0.2, -0.15) is 0 Å². The zero-order chi connectivity index (χ0) is 40.3. The van der Waals surface area contributed by atoms with Gasteiger partial charge in [-0.15, -0.1) is 11.3 Å². The molecule has 0 N–H and O–H groups in total. The van der Waals surface area contributed by atoms with Gasteiger partial charge in [0, 0.05) is 37.1 Å². The molecule has 1 aliphatic carbocycles. The van der Waals surface area contributed by atoms with Crippen LogP contribution in [0.4, 0.5) is 17.1 Å². The third kappa shape index (κ3) is 5.60. The van der Waals surface area contributed by atoms with Crippen LogP contribution in [0, 0.1) is 0 Å². The highest BCUT2D eigenvalue weighted by atomic mass is 32.1. The van der Waals surface area contributed by atoms with E-state index < -0.39 is 5.41 Å². The maximum atomic E-state index is 2.48. The van der Waals surface area contributed by atoms with Crippen LogP contribution in [0.5, 0.6) is 0 Å². The molecular formula is C59H39NS. The monoisotopic (exact) mass is 793 g/mol. The van der Waals surface area contributed by atoms with E-state index in [0.29, 0.717) is 0 Å². The number of rotatable bonds is 7. The quantitative estimate of drug-likeness (QED) is 0.155. The molecule has 0 aliphatic heterocycles. The molecule has 0 unspecified atom stereocenters. The molecule has 0 atom stereocenters. The lowest BCUT2D eigenvalue weighted by atomic mass is 9.68. The fourth-order valence-corrected chi connectivity index (χ4v) is 11.2. The van der Waals surface area contributed by atoms with Gasteiger partial charge in [-0.05, 0) is 103 Å². The van der Waals surface area contributed by atoms with E-state index in [1.54, 1.807) is 0 Å². The molecule has 0 saturated heterocycles. The first kappa shape index (κ1) is 35.4. The van der Waals surface area contributed by atoms with Crippen LogP contribution in [0.2, 0.25) is 0 Å². The number of fused-ring (bicyclic) bond motifs is 7. The van der Waals surface area contributed by atoms with Gasteiger partial charge in [0.2, 0.25) is 0 Å². The van der Waals surface area contributed by atoms with Crippen LogP contribution in [0.15, 0.2) is 237 Å². The Balaban J connectivity index is 1.09. The van der Waals surface area contributed by atoms with Crippen molar-refractivity contribution < 1.29 is 0 Å². The van der Waals surface area contributed by atoms with E-state index >= 15 is 0 Å². The highest BCUT2D eigenvalue weighted by Crippen LogP contribution is 2.59. The van der Waals surface area contributed by atoms with Crippen LogP contribution in [0.1, 0.15) is 22.3 Å². The molecular weight excluding hydrogens is 755 g/mol. The fraction of sp³-hybridized carbons (Fsp3) is 0.0169. The highest BCUT2D eigenvalue weighted by molar-refractivity contribution is 7.25. The zero-order valence-electron chi connectivity index (χ0n) is 33.4. The van der Waals surface area contributed by atoms with E-state index in [1.807, 2.05) is 11.3 Å². The predicted octanol–water partition coefficient (Wildman–Crippen LogP) is 16.4. The van der Waals surface area contributed by atoms with Crippen LogP contribution < -0.4 is 4.90 Å². The second kappa shape index (κ2) is 14.3. The SMILES string of the molecule is c1ccc(C2(c3ccccc3)c3ccccc3-c3c(N(c4ccc(-c5cccc6ccccc56)cc4)c4cccc(-c5ccc6c(c5)sc5ccccc56)c4)cccc32)cc1. The number of hydrogen-bond acceptors (Lipinski definition) is 2. The molecule has 61 heavy (non-hydrogen) atoms. The fourth-order valence-electron chi connectivity index (χ4n) is 10.1. The first-order chi connectivity index (χ1) is 30.3. The molecule has 0 spiro atoms. The molecule has 1 nitrogen and oxygen atoms in total. The van der Waals surface area contributed by atoms with Crippen LogP contribution in [-0.2, 0) is 5.41 Å². The first-order valence-electron chi connectivity index (χ1n) is 21.0. The molecule has 1 heterocycles. The number of hydrogen-bond donors (Lipinski definition) is 0. The van der Waals surface area contributed by atoms with Crippen molar-refractivity contribution in [2.75, 3.05) is 4.90 Å². The van der Waals surface area contributed by atoms with Gasteiger partial charge in [0.25, 0.3) is 0 Å². The number of thiophene rings is 1. The van der Waals surface area contributed by atoms with Crippen molar-refractivity contribution in [2.24, 2.45) is 0 Å². The Morgan fingerprint density at radius 1 is 0.344 bits per heavy atom. The van der Waals surface area contributed by atoms with Crippen LogP contribution in [0.25, 0.3) is 64.3 Å². The average Bonchev–Trinajstić information content (AvgIpc) is 3.86. The third-order valence-corrected chi connectivity index (χ3v) is 13.9. The van der Waals surface area contributed by atoms with Crippen LogP contribution in [-0.4, -0.2) is 0 Å². The van der Waals surface area contributed by atoms with Gasteiger partial charge in [0.15, 0.2) is 0 Å². The van der Waals surface area contributed by atoms with Crippen LogP contribution >= 0.6 is 11.3 Å². The molecule has 1 aromatic heterocycles. The van der Waals surface area contributed by atoms with E-state index in [-0.39, 0.29) is 0 Å².